The predicted molar refractivity (Wildman–Crippen MR) is 49.3 cm³/mol. The Morgan fingerprint density at radius 3 is 2.27 bits per heavy atom. The zero-order chi connectivity index (χ0) is 9.07. The van der Waals surface area contributed by atoms with Crippen LogP contribution in [0.2, 0.25) is 0 Å². The van der Waals surface area contributed by atoms with Crippen LogP contribution in [0.15, 0.2) is 11.6 Å². The molecule has 0 rings (SSSR count). The van der Waals surface area contributed by atoms with Crippen molar-refractivity contribution in [2.45, 2.75) is 33.4 Å². The van der Waals surface area contributed by atoms with E-state index in [1.165, 1.54) is 0 Å². The van der Waals surface area contributed by atoms with E-state index in [1.807, 2.05) is 19.9 Å². The molecule has 0 aromatic carbocycles. The topological polar surface area (TPSA) is 37.3 Å². The number of rotatable bonds is 3. The highest BCUT2D eigenvalue weighted by atomic mass is 31.2. The van der Waals surface area contributed by atoms with Crippen LogP contribution in [-0.4, -0.2) is 16.7 Å². The summed E-state index contributed by atoms with van der Waals surface area (Å²) in [4.78, 5) is 9.35. The molecule has 0 saturated carbocycles. The van der Waals surface area contributed by atoms with Crippen LogP contribution < -0.4 is 0 Å². The molecule has 1 atom stereocenters. The molecule has 0 aliphatic rings. The van der Waals surface area contributed by atoms with Gasteiger partial charge in [0.25, 0.3) is 0 Å². The second-order valence-corrected chi connectivity index (χ2v) is 6.22. The first-order valence-electron chi connectivity index (χ1n) is 3.81. The Balaban J connectivity index is 4.15. The average Bonchev–Trinajstić information content (AvgIpc) is 1.84. The van der Waals surface area contributed by atoms with Gasteiger partial charge in [-0.1, -0.05) is 25.5 Å². The van der Waals surface area contributed by atoms with Crippen molar-refractivity contribution in [1.29, 1.82) is 0 Å². The largest absolute Gasteiger partial charge is 0.344 e. The van der Waals surface area contributed by atoms with Crippen molar-refractivity contribution in [2.75, 3.05) is 6.16 Å². The van der Waals surface area contributed by atoms with Gasteiger partial charge in [0.05, 0.1) is 0 Å². The van der Waals surface area contributed by atoms with Gasteiger partial charge in [-0.05, 0) is 13.8 Å². The smallest absolute Gasteiger partial charge is 0.206 e. The summed E-state index contributed by atoms with van der Waals surface area (Å²) in [5.41, 5.74) is 0.970. The Labute approximate surface area is 68.8 Å². The van der Waals surface area contributed by atoms with Crippen molar-refractivity contribution in [3.63, 3.8) is 0 Å². The highest BCUT2D eigenvalue weighted by Crippen LogP contribution is 2.45. The van der Waals surface area contributed by atoms with E-state index in [0.29, 0.717) is 6.16 Å². The molecule has 0 fully saturated rings. The lowest BCUT2D eigenvalue weighted by atomic mass is 10.3. The van der Waals surface area contributed by atoms with Gasteiger partial charge >= 0.3 is 0 Å². The number of hydrogen-bond acceptors (Lipinski definition) is 1. The molecule has 0 aromatic rings. The summed E-state index contributed by atoms with van der Waals surface area (Å²) in [6.07, 6.45) is 2.13. The van der Waals surface area contributed by atoms with Crippen molar-refractivity contribution in [3.05, 3.63) is 11.6 Å². The van der Waals surface area contributed by atoms with Gasteiger partial charge in [0.2, 0.25) is 7.37 Å². The Morgan fingerprint density at radius 2 is 2.00 bits per heavy atom. The molecule has 0 bridgehead atoms. The Bertz CT molecular complexity index is 190. The molecule has 0 radical (unpaired) electrons. The standard InChI is InChI=1S/C8H17O2P/c1-7(2)5-6-11(9,10)8(3)4/h5,8H,6H2,1-4H3,(H,9,10). The first-order valence-corrected chi connectivity index (χ1v) is 5.72. The van der Waals surface area contributed by atoms with Gasteiger partial charge in [-0.2, -0.15) is 0 Å². The Kier molecular flexibility index (Phi) is 4.05. The third-order valence-corrected chi connectivity index (χ3v) is 3.89. The van der Waals surface area contributed by atoms with E-state index in [1.54, 1.807) is 13.8 Å². The van der Waals surface area contributed by atoms with Gasteiger partial charge in [0.1, 0.15) is 0 Å². The highest BCUT2D eigenvalue weighted by Gasteiger charge is 2.20. The predicted octanol–water partition coefficient (Wildman–Crippen LogP) is 2.63. The molecule has 0 aliphatic carbocycles. The fourth-order valence-electron chi connectivity index (χ4n) is 0.524. The van der Waals surface area contributed by atoms with Crippen LogP contribution in [0.3, 0.4) is 0 Å². The molecule has 1 unspecified atom stereocenters. The van der Waals surface area contributed by atoms with E-state index in [2.05, 4.69) is 0 Å². The molecule has 1 N–H and O–H groups in total. The Morgan fingerprint density at radius 1 is 1.55 bits per heavy atom. The van der Waals surface area contributed by atoms with Crippen LogP contribution in [0.5, 0.6) is 0 Å². The van der Waals surface area contributed by atoms with E-state index in [4.69, 9.17) is 0 Å². The first kappa shape index (κ1) is 10.9. The molecule has 3 heteroatoms. The van der Waals surface area contributed by atoms with E-state index in [0.717, 1.165) is 5.57 Å². The van der Waals surface area contributed by atoms with Crippen LogP contribution in [0, 0.1) is 0 Å². The van der Waals surface area contributed by atoms with Gasteiger partial charge in [0, 0.05) is 11.8 Å². The summed E-state index contributed by atoms with van der Waals surface area (Å²) >= 11 is 0. The first-order chi connectivity index (χ1) is 4.86. The van der Waals surface area contributed by atoms with Gasteiger partial charge in [-0.3, -0.25) is 4.57 Å². The van der Waals surface area contributed by atoms with Crippen LogP contribution in [-0.2, 0) is 4.57 Å². The summed E-state index contributed by atoms with van der Waals surface area (Å²) in [6.45, 7) is 7.42. The molecule has 2 nitrogen and oxygen atoms in total. The lowest BCUT2D eigenvalue weighted by Gasteiger charge is -2.12. The normalized spacial score (nSPS) is 16.2. The monoisotopic (exact) mass is 176 g/mol. The van der Waals surface area contributed by atoms with Crippen molar-refractivity contribution >= 4 is 7.37 Å². The van der Waals surface area contributed by atoms with Crippen LogP contribution in [0.4, 0.5) is 0 Å². The SMILES string of the molecule is CC(C)=CCP(=O)(O)C(C)C. The molecular formula is C8H17O2P. The zero-order valence-electron chi connectivity index (χ0n) is 7.66. The van der Waals surface area contributed by atoms with Crippen LogP contribution in [0.1, 0.15) is 27.7 Å². The zero-order valence-corrected chi connectivity index (χ0v) is 8.56. The molecule has 0 saturated heterocycles. The van der Waals surface area contributed by atoms with Gasteiger partial charge < -0.3 is 4.89 Å². The molecule has 0 heterocycles. The molecule has 11 heavy (non-hydrogen) atoms. The average molecular weight is 176 g/mol. The second kappa shape index (κ2) is 4.08. The fraction of sp³-hybridized carbons (Fsp3) is 0.750. The van der Waals surface area contributed by atoms with E-state index >= 15 is 0 Å². The number of hydrogen-bond donors (Lipinski definition) is 1. The van der Waals surface area contributed by atoms with Gasteiger partial charge in [-0.25, -0.2) is 0 Å². The van der Waals surface area contributed by atoms with E-state index < -0.39 is 7.37 Å². The maximum atomic E-state index is 11.3. The maximum Gasteiger partial charge on any atom is 0.206 e. The molecule has 0 amide bonds. The van der Waals surface area contributed by atoms with E-state index in [9.17, 15) is 9.46 Å². The molecule has 0 aliphatic heterocycles. The minimum atomic E-state index is -2.89. The summed E-state index contributed by atoms with van der Waals surface area (Å²) in [5.74, 6) is 0. The lowest BCUT2D eigenvalue weighted by molar-refractivity contribution is 0.472. The molecule has 0 spiro atoms. The van der Waals surface area contributed by atoms with Crippen LogP contribution >= 0.6 is 7.37 Å². The summed E-state index contributed by atoms with van der Waals surface area (Å²) in [6, 6.07) is 0. The quantitative estimate of drug-likeness (QED) is 0.530. The van der Waals surface area contributed by atoms with E-state index in [-0.39, 0.29) is 5.66 Å². The summed E-state index contributed by atoms with van der Waals surface area (Å²) < 4.78 is 11.3. The highest BCUT2D eigenvalue weighted by molar-refractivity contribution is 7.58. The minimum absolute atomic E-state index is 0.127. The summed E-state index contributed by atoms with van der Waals surface area (Å²) in [5, 5.41) is 0. The van der Waals surface area contributed by atoms with Crippen molar-refractivity contribution in [3.8, 4) is 0 Å². The summed E-state index contributed by atoms with van der Waals surface area (Å²) in [7, 11) is -2.89. The molecule has 66 valence electrons. The minimum Gasteiger partial charge on any atom is -0.344 e. The third-order valence-electron chi connectivity index (χ3n) is 1.57. The molecular weight excluding hydrogens is 159 g/mol. The number of allylic oxidation sites excluding steroid dienone is 2. The van der Waals surface area contributed by atoms with Crippen molar-refractivity contribution in [2.24, 2.45) is 0 Å². The van der Waals surface area contributed by atoms with Crippen molar-refractivity contribution < 1.29 is 9.46 Å². The molecule has 0 aromatic heterocycles. The fourth-order valence-corrected chi connectivity index (χ4v) is 1.57. The Hall–Kier alpha value is -0.0700. The lowest BCUT2D eigenvalue weighted by Crippen LogP contribution is -1.99. The van der Waals surface area contributed by atoms with Gasteiger partial charge in [0.15, 0.2) is 0 Å². The van der Waals surface area contributed by atoms with Gasteiger partial charge in [-0.15, -0.1) is 0 Å². The maximum absolute atomic E-state index is 11.3. The van der Waals surface area contributed by atoms with Crippen LogP contribution in [0.25, 0.3) is 0 Å². The third kappa shape index (κ3) is 4.39. The van der Waals surface area contributed by atoms with Crippen molar-refractivity contribution in [1.82, 2.24) is 0 Å². The second-order valence-electron chi connectivity index (χ2n) is 3.31.